The molecule has 3 rings (SSSR count). The highest BCUT2D eigenvalue weighted by Crippen LogP contribution is 2.27. The third-order valence-corrected chi connectivity index (χ3v) is 3.05. The first kappa shape index (κ1) is 13.0. The van der Waals surface area contributed by atoms with Crippen molar-refractivity contribution in [3.63, 3.8) is 0 Å². The zero-order valence-electron chi connectivity index (χ0n) is 11.1. The smallest absolute Gasteiger partial charge is 0.336 e. The van der Waals surface area contributed by atoms with Gasteiger partial charge in [0.1, 0.15) is 0 Å². The van der Waals surface area contributed by atoms with Crippen molar-refractivity contribution >= 4 is 5.97 Å². The van der Waals surface area contributed by atoms with Crippen molar-refractivity contribution in [2.45, 2.75) is 6.92 Å². The Morgan fingerprint density at radius 3 is 2.43 bits per heavy atom. The second-order valence-corrected chi connectivity index (χ2v) is 4.40. The van der Waals surface area contributed by atoms with Crippen molar-refractivity contribution in [3.8, 4) is 22.9 Å². The Morgan fingerprint density at radius 1 is 1.05 bits per heavy atom. The highest BCUT2D eigenvalue weighted by atomic mass is 16.4. The topological polar surface area (TPSA) is 89.1 Å². The van der Waals surface area contributed by atoms with Crippen molar-refractivity contribution < 1.29 is 14.3 Å². The average Bonchev–Trinajstić information content (AvgIpc) is 2.97. The van der Waals surface area contributed by atoms with Gasteiger partial charge in [0, 0.05) is 11.9 Å². The third kappa shape index (κ3) is 2.38. The highest BCUT2D eigenvalue weighted by Gasteiger charge is 2.17. The maximum absolute atomic E-state index is 11.2. The first-order valence-corrected chi connectivity index (χ1v) is 6.25. The lowest BCUT2D eigenvalue weighted by atomic mass is 10.1. The maximum atomic E-state index is 11.2. The first-order chi connectivity index (χ1) is 10.2. The van der Waals surface area contributed by atoms with E-state index in [1.54, 1.807) is 30.5 Å². The van der Waals surface area contributed by atoms with Gasteiger partial charge in [0.2, 0.25) is 11.8 Å². The molecule has 104 valence electrons. The van der Waals surface area contributed by atoms with Crippen LogP contribution in [0.4, 0.5) is 0 Å². The fourth-order valence-corrected chi connectivity index (χ4v) is 2.01. The second-order valence-electron chi connectivity index (χ2n) is 4.40. The molecule has 2 aromatic heterocycles. The maximum Gasteiger partial charge on any atom is 0.336 e. The number of nitrogens with zero attached hydrogens (tertiary/aromatic N) is 3. The number of hydrogen-bond acceptors (Lipinski definition) is 5. The minimum atomic E-state index is -1.04. The molecule has 0 aliphatic heterocycles. The molecule has 2 heterocycles. The molecule has 0 unspecified atom stereocenters. The Balaban J connectivity index is 2.08. The van der Waals surface area contributed by atoms with Crippen molar-refractivity contribution in [1.82, 2.24) is 15.2 Å². The summed E-state index contributed by atoms with van der Waals surface area (Å²) in [5, 5.41) is 17.1. The molecule has 0 radical (unpaired) electrons. The molecule has 0 bridgehead atoms. The van der Waals surface area contributed by atoms with Gasteiger partial charge in [0.15, 0.2) is 0 Å². The van der Waals surface area contributed by atoms with Crippen molar-refractivity contribution in [1.29, 1.82) is 0 Å². The number of benzene rings is 1. The largest absolute Gasteiger partial charge is 0.478 e. The van der Waals surface area contributed by atoms with E-state index in [1.807, 2.05) is 13.0 Å². The summed E-state index contributed by atoms with van der Waals surface area (Å²) in [6, 6.07) is 10.1. The lowest BCUT2D eigenvalue weighted by Crippen LogP contribution is -1.98. The van der Waals surface area contributed by atoms with Crippen LogP contribution >= 0.6 is 0 Å². The minimum Gasteiger partial charge on any atom is -0.478 e. The van der Waals surface area contributed by atoms with E-state index < -0.39 is 5.97 Å². The third-order valence-electron chi connectivity index (χ3n) is 3.05. The molecule has 1 N–H and O–H groups in total. The lowest BCUT2D eigenvalue weighted by Gasteiger charge is -2.00. The molecule has 6 nitrogen and oxygen atoms in total. The summed E-state index contributed by atoms with van der Waals surface area (Å²) in [7, 11) is 0. The quantitative estimate of drug-likeness (QED) is 0.794. The summed E-state index contributed by atoms with van der Waals surface area (Å²) in [6.07, 6.45) is 1.68. The van der Waals surface area contributed by atoms with E-state index in [4.69, 9.17) is 4.42 Å². The molecular formula is C15H11N3O3. The highest BCUT2D eigenvalue weighted by molar-refractivity contribution is 5.94. The van der Waals surface area contributed by atoms with Crippen LogP contribution in [0.1, 0.15) is 16.1 Å². The Bertz CT molecular complexity index is 811. The summed E-state index contributed by atoms with van der Waals surface area (Å²) >= 11 is 0. The van der Waals surface area contributed by atoms with Gasteiger partial charge in [0.25, 0.3) is 0 Å². The van der Waals surface area contributed by atoms with Gasteiger partial charge in [-0.3, -0.25) is 4.98 Å². The van der Waals surface area contributed by atoms with Gasteiger partial charge in [0.05, 0.1) is 16.7 Å². The van der Waals surface area contributed by atoms with Crippen LogP contribution in [0.15, 0.2) is 47.0 Å². The fraction of sp³-hybridized carbons (Fsp3) is 0.0667. The van der Waals surface area contributed by atoms with Crippen LogP contribution in [-0.2, 0) is 0 Å². The summed E-state index contributed by atoms with van der Waals surface area (Å²) in [4.78, 5) is 15.4. The molecule has 1 aromatic carbocycles. The van der Waals surface area contributed by atoms with Crippen LogP contribution in [0, 0.1) is 6.92 Å². The van der Waals surface area contributed by atoms with E-state index in [0.717, 1.165) is 11.3 Å². The molecule has 0 aliphatic carbocycles. The second kappa shape index (κ2) is 5.16. The van der Waals surface area contributed by atoms with Gasteiger partial charge >= 0.3 is 5.97 Å². The molecule has 0 atom stereocenters. The summed E-state index contributed by atoms with van der Waals surface area (Å²) in [5.41, 5.74) is 2.00. The van der Waals surface area contributed by atoms with Crippen LogP contribution in [0.2, 0.25) is 0 Å². The van der Waals surface area contributed by atoms with E-state index in [-0.39, 0.29) is 11.5 Å². The number of rotatable bonds is 3. The van der Waals surface area contributed by atoms with Gasteiger partial charge in [-0.2, -0.15) is 0 Å². The standard InChI is InChI=1S/C15H11N3O3/c1-9-10(7-4-8-16-9)13-17-18-14(21-13)11-5-2-3-6-12(11)15(19)20/h2-8H,1H3,(H,19,20). The fourth-order valence-electron chi connectivity index (χ4n) is 2.01. The summed E-state index contributed by atoms with van der Waals surface area (Å²) in [5.74, 6) is -0.551. The number of pyridine rings is 1. The first-order valence-electron chi connectivity index (χ1n) is 6.25. The Labute approximate surface area is 120 Å². The van der Waals surface area contributed by atoms with E-state index in [0.29, 0.717) is 11.5 Å². The molecule has 0 aliphatic rings. The number of aromatic carboxylic acids is 1. The Kier molecular flexibility index (Phi) is 3.19. The number of aryl methyl sites for hydroxylation is 1. The zero-order chi connectivity index (χ0) is 14.8. The molecule has 0 saturated heterocycles. The molecule has 0 fully saturated rings. The van der Waals surface area contributed by atoms with Gasteiger partial charge in [-0.25, -0.2) is 4.79 Å². The number of carbonyl (C=O) groups is 1. The van der Waals surface area contributed by atoms with Gasteiger partial charge < -0.3 is 9.52 Å². The van der Waals surface area contributed by atoms with Gasteiger partial charge in [-0.1, -0.05) is 12.1 Å². The van der Waals surface area contributed by atoms with E-state index in [1.165, 1.54) is 6.07 Å². The number of carboxylic acids is 1. The zero-order valence-corrected chi connectivity index (χ0v) is 11.1. The van der Waals surface area contributed by atoms with E-state index in [2.05, 4.69) is 15.2 Å². The number of hydrogen-bond donors (Lipinski definition) is 1. The molecule has 3 aromatic rings. The Morgan fingerprint density at radius 2 is 1.71 bits per heavy atom. The lowest BCUT2D eigenvalue weighted by molar-refractivity contribution is 0.0697. The van der Waals surface area contributed by atoms with Crippen molar-refractivity contribution in [3.05, 3.63) is 53.9 Å². The molecule has 21 heavy (non-hydrogen) atoms. The Hall–Kier alpha value is -3.02. The molecule has 6 heteroatoms. The summed E-state index contributed by atoms with van der Waals surface area (Å²) in [6.45, 7) is 1.84. The molecule has 0 amide bonds. The molecule has 0 spiro atoms. The predicted octanol–water partition coefficient (Wildman–Crippen LogP) is 2.81. The minimum absolute atomic E-state index is 0.121. The van der Waals surface area contributed by atoms with Crippen LogP contribution in [0.3, 0.4) is 0 Å². The van der Waals surface area contributed by atoms with E-state index in [9.17, 15) is 9.90 Å². The van der Waals surface area contributed by atoms with Crippen LogP contribution in [0.5, 0.6) is 0 Å². The number of carboxylic acid groups (broad SMARTS) is 1. The predicted molar refractivity (Wildman–Crippen MR) is 74.7 cm³/mol. The van der Waals surface area contributed by atoms with Crippen molar-refractivity contribution in [2.24, 2.45) is 0 Å². The monoisotopic (exact) mass is 281 g/mol. The van der Waals surface area contributed by atoms with Crippen molar-refractivity contribution in [2.75, 3.05) is 0 Å². The van der Waals surface area contributed by atoms with Gasteiger partial charge in [-0.15, -0.1) is 10.2 Å². The number of aromatic nitrogens is 3. The van der Waals surface area contributed by atoms with Crippen LogP contribution < -0.4 is 0 Å². The van der Waals surface area contributed by atoms with Gasteiger partial charge in [-0.05, 0) is 31.2 Å². The van der Waals surface area contributed by atoms with Crippen LogP contribution in [0.25, 0.3) is 22.9 Å². The molecule has 0 saturated carbocycles. The van der Waals surface area contributed by atoms with E-state index >= 15 is 0 Å². The van der Waals surface area contributed by atoms with Crippen LogP contribution in [-0.4, -0.2) is 26.3 Å². The SMILES string of the molecule is Cc1ncccc1-c1nnc(-c2ccccc2C(=O)O)o1. The normalized spacial score (nSPS) is 10.5. The average molecular weight is 281 g/mol. The molecular weight excluding hydrogens is 270 g/mol. The summed E-state index contributed by atoms with van der Waals surface area (Å²) < 4.78 is 5.60.